The third-order valence-corrected chi connectivity index (χ3v) is 1.69. The summed E-state index contributed by atoms with van der Waals surface area (Å²) in [6, 6.07) is 0. The van der Waals surface area contributed by atoms with E-state index < -0.39 is 22.8 Å². The van der Waals surface area contributed by atoms with Crippen LogP contribution in [0.2, 0.25) is 0 Å². The van der Waals surface area contributed by atoms with Gasteiger partial charge in [-0.25, -0.2) is 0 Å². The van der Waals surface area contributed by atoms with Crippen LogP contribution < -0.4 is 0 Å². The molecule has 0 fully saturated rings. The second-order valence-electron chi connectivity index (χ2n) is 4.29. The molecule has 0 aromatic rings. The third-order valence-electron chi connectivity index (χ3n) is 1.69. The number of rotatable bonds is 4. The van der Waals surface area contributed by atoms with E-state index in [1.165, 1.54) is 27.7 Å². The van der Waals surface area contributed by atoms with Gasteiger partial charge in [0, 0.05) is 27.3 Å². The maximum Gasteiger partial charge on any atom is 0.316 e. The Morgan fingerprint density at radius 3 is 1.00 bits per heavy atom. The first-order chi connectivity index (χ1) is 7.01. The smallest absolute Gasteiger partial charge is 0.316 e. The number of carboxylic acids is 2. The SMILES string of the molecule is CC(C)(C=O)C(=O)O.CC(C)(C=O)C(=O)O.[Cd]. The van der Waals surface area contributed by atoms with Gasteiger partial charge in [-0.2, -0.15) is 0 Å². The molecule has 0 aliphatic heterocycles. The van der Waals surface area contributed by atoms with E-state index in [9.17, 15) is 19.2 Å². The number of aldehydes is 2. The summed E-state index contributed by atoms with van der Waals surface area (Å²) in [5.41, 5.74) is -2.44. The maximum atomic E-state index is 10.0. The van der Waals surface area contributed by atoms with Crippen LogP contribution in [-0.4, -0.2) is 34.7 Å². The van der Waals surface area contributed by atoms with Crippen molar-refractivity contribution >= 4 is 24.5 Å². The predicted molar refractivity (Wildman–Crippen MR) is 55.0 cm³/mol. The third kappa shape index (κ3) is 8.95. The Kier molecular flexibility index (Phi) is 10.5. The zero-order chi connectivity index (χ0) is 13.6. The second kappa shape index (κ2) is 8.32. The van der Waals surface area contributed by atoms with Crippen LogP contribution in [0.5, 0.6) is 0 Å². The van der Waals surface area contributed by atoms with Gasteiger partial charge in [0.2, 0.25) is 0 Å². The van der Waals surface area contributed by atoms with Crippen molar-refractivity contribution in [1.82, 2.24) is 0 Å². The second-order valence-corrected chi connectivity index (χ2v) is 4.29. The van der Waals surface area contributed by atoms with Crippen molar-refractivity contribution in [3.05, 3.63) is 0 Å². The van der Waals surface area contributed by atoms with Gasteiger partial charge in [-0.05, 0) is 27.7 Å². The number of carbonyl (C=O) groups excluding carboxylic acids is 2. The number of carbonyl (C=O) groups is 4. The zero-order valence-corrected chi connectivity index (χ0v) is 14.4. The molecular weight excluding hydrogens is 329 g/mol. The molecule has 0 saturated carbocycles. The van der Waals surface area contributed by atoms with Crippen molar-refractivity contribution in [2.45, 2.75) is 27.7 Å². The summed E-state index contributed by atoms with van der Waals surface area (Å²) in [5.74, 6) is -2.18. The summed E-state index contributed by atoms with van der Waals surface area (Å²) in [5, 5.41) is 16.4. The van der Waals surface area contributed by atoms with E-state index in [4.69, 9.17) is 10.2 Å². The molecule has 2 N–H and O–H groups in total. The summed E-state index contributed by atoms with van der Waals surface area (Å²) in [6.07, 6.45) is 0.824. The van der Waals surface area contributed by atoms with Crippen molar-refractivity contribution < 1.29 is 56.7 Å². The van der Waals surface area contributed by atoms with E-state index >= 15 is 0 Å². The fraction of sp³-hybridized carbons (Fsp3) is 0.600. The first-order valence-corrected chi connectivity index (χ1v) is 4.40. The molecule has 0 bridgehead atoms. The molecule has 0 aliphatic carbocycles. The minimum atomic E-state index is -1.22. The van der Waals surface area contributed by atoms with Crippen molar-refractivity contribution in [3.63, 3.8) is 0 Å². The van der Waals surface area contributed by atoms with Gasteiger partial charge < -0.3 is 19.8 Å². The van der Waals surface area contributed by atoms with Gasteiger partial charge >= 0.3 is 11.9 Å². The normalized spacial score (nSPS) is 10.1. The Labute approximate surface area is 120 Å². The number of carboxylic acid groups (broad SMARTS) is 2. The van der Waals surface area contributed by atoms with Crippen LogP contribution in [-0.2, 0) is 46.5 Å². The molecule has 0 aliphatic rings. The average Bonchev–Trinajstić information content (AvgIpc) is 2.18. The van der Waals surface area contributed by atoms with Crippen molar-refractivity contribution in [2.75, 3.05) is 0 Å². The first-order valence-electron chi connectivity index (χ1n) is 4.40. The molecule has 7 heteroatoms. The van der Waals surface area contributed by atoms with E-state index in [1.807, 2.05) is 0 Å². The van der Waals surface area contributed by atoms with Crippen molar-refractivity contribution in [2.24, 2.45) is 10.8 Å². The van der Waals surface area contributed by atoms with E-state index in [-0.39, 0.29) is 27.3 Å². The molecule has 6 nitrogen and oxygen atoms in total. The molecule has 0 spiro atoms. The largest absolute Gasteiger partial charge is 0.481 e. The molecule has 0 radical (unpaired) electrons. The summed E-state index contributed by atoms with van der Waals surface area (Å²) in [4.78, 5) is 39.8. The van der Waals surface area contributed by atoms with Crippen LogP contribution in [0, 0.1) is 10.8 Å². The molecule has 0 amide bonds. The molecule has 0 aromatic heterocycles. The quantitative estimate of drug-likeness (QED) is 0.439. The number of aliphatic carboxylic acids is 2. The minimum absolute atomic E-state index is 0. The Bertz CT molecular complexity index is 265. The molecule has 17 heavy (non-hydrogen) atoms. The Hall–Kier alpha value is -0.798. The molecule has 0 heterocycles. The fourth-order valence-corrected chi connectivity index (χ4v) is 0.101. The van der Waals surface area contributed by atoms with Crippen molar-refractivity contribution in [3.8, 4) is 0 Å². The molecule has 0 unspecified atom stereocenters. The molecule has 94 valence electrons. The van der Waals surface area contributed by atoms with E-state index in [2.05, 4.69) is 0 Å². The van der Waals surface area contributed by atoms with Crippen molar-refractivity contribution in [1.29, 1.82) is 0 Å². The van der Waals surface area contributed by atoms with Crippen LogP contribution in [0.1, 0.15) is 27.7 Å². The predicted octanol–water partition coefficient (Wildman–Crippen LogP) is 0.590. The molecule has 0 atom stereocenters. The summed E-state index contributed by atoms with van der Waals surface area (Å²) in [7, 11) is 0. The molecule has 0 aromatic carbocycles. The Balaban J connectivity index is -0.000000218. The monoisotopic (exact) mass is 346 g/mol. The van der Waals surface area contributed by atoms with Crippen LogP contribution in [0.15, 0.2) is 0 Å². The zero-order valence-electron chi connectivity index (χ0n) is 10.4. The molecule has 0 rings (SSSR count). The Morgan fingerprint density at radius 1 is 0.824 bits per heavy atom. The van der Waals surface area contributed by atoms with Gasteiger partial charge in [0.1, 0.15) is 23.4 Å². The van der Waals surface area contributed by atoms with Crippen LogP contribution >= 0.6 is 0 Å². The van der Waals surface area contributed by atoms with E-state index in [1.54, 1.807) is 0 Å². The Morgan fingerprint density at radius 2 is 1.00 bits per heavy atom. The number of hydrogen-bond acceptors (Lipinski definition) is 4. The van der Waals surface area contributed by atoms with Gasteiger partial charge in [0.25, 0.3) is 0 Å². The van der Waals surface area contributed by atoms with Gasteiger partial charge in [-0.1, -0.05) is 0 Å². The van der Waals surface area contributed by atoms with Crippen LogP contribution in [0.25, 0.3) is 0 Å². The van der Waals surface area contributed by atoms with E-state index in [0.717, 1.165) is 0 Å². The first kappa shape index (κ1) is 21.5. The molecule has 0 saturated heterocycles. The van der Waals surface area contributed by atoms with Gasteiger partial charge in [0.15, 0.2) is 0 Å². The maximum absolute atomic E-state index is 10.0. The van der Waals surface area contributed by atoms with Crippen LogP contribution in [0.3, 0.4) is 0 Å². The van der Waals surface area contributed by atoms with E-state index in [0.29, 0.717) is 12.6 Å². The topological polar surface area (TPSA) is 109 Å². The van der Waals surface area contributed by atoms with Crippen LogP contribution in [0.4, 0.5) is 0 Å². The molecular formula is C10H16CdO6. The van der Waals surface area contributed by atoms with Gasteiger partial charge in [-0.3, -0.25) is 9.59 Å². The van der Waals surface area contributed by atoms with Gasteiger partial charge in [0.05, 0.1) is 0 Å². The minimum Gasteiger partial charge on any atom is -0.481 e. The van der Waals surface area contributed by atoms with Gasteiger partial charge in [-0.15, -0.1) is 0 Å². The summed E-state index contributed by atoms with van der Waals surface area (Å²) < 4.78 is 0. The number of hydrogen-bond donors (Lipinski definition) is 2. The average molecular weight is 345 g/mol. The standard InChI is InChI=1S/2C5H8O3.Cd/c2*1-5(2,3-6)4(7)8;/h2*3H,1-2H3,(H,7,8);. The fourth-order valence-electron chi connectivity index (χ4n) is 0.101. The summed E-state index contributed by atoms with van der Waals surface area (Å²) in [6.45, 7) is 5.40. The summed E-state index contributed by atoms with van der Waals surface area (Å²) >= 11 is 0.